The molecule has 1 aliphatic carbocycles. The molecule has 3 rings (SSSR count). The van der Waals surface area contributed by atoms with E-state index in [0.29, 0.717) is 16.9 Å². The van der Waals surface area contributed by atoms with Gasteiger partial charge in [0.25, 0.3) is 0 Å². The molecule has 3 amide bonds. The molecule has 1 saturated heterocycles. The van der Waals surface area contributed by atoms with Gasteiger partial charge in [-0.25, -0.2) is 9.69 Å². The van der Waals surface area contributed by atoms with E-state index in [1.165, 1.54) is 14.0 Å². The number of methoxy groups -OCH3 is 1. The first kappa shape index (κ1) is 34.0. The molecule has 5 atom stereocenters. The normalized spacial score (nSPS) is 22.9. The van der Waals surface area contributed by atoms with Crippen molar-refractivity contribution in [2.75, 3.05) is 26.1 Å². The van der Waals surface area contributed by atoms with E-state index in [4.69, 9.17) is 32.5 Å². The van der Waals surface area contributed by atoms with Gasteiger partial charge >= 0.3 is 6.09 Å². The predicted octanol–water partition coefficient (Wildman–Crippen LogP) is 0.518. The summed E-state index contributed by atoms with van der Waals surface area (Å²) in [5.41, 5.74) is 9.59. The van der Waals surface area contributed by atoms with Gasteiger partial charge in [-0.1, -0.05) is 30.3 Å². The van der Waals surface area contributed by atoms with E-state index >= 15 is 0 Å². The summed E-state index contributed by atoms with van der Waals surface area (Å²) in [5.74, 6) is -8.05. The van der Waals surface area contributed by atoms with Gasteiger partial charge in [0, 0.05) is 20.1 Å². The van der Waals surface area contributed by atoms with Crippen LogP contribution in [0.3, 0.4) is 0 Å². The van der Waals surface area contributed by atoms with Crippen molar-refractivity contribution in [3.8, 4) is 0 Å². The van der Waals surface area contributed by atoms with Crippen LogP contribution in [0.1, 0.15) is 44.6 Å². The van der Waals surface area contributed by atoms with Crippen LogP contribution in [-0.2, 0) is 44.8 Å². The Balaban J connectivity index is 2.12. The van der Waals surface area contributed by atoms with E-state index in [1.807, 2.05) is 0 Å². The summed E-state index contributed by atoms with van der Waals surface area (Å²) in [7, 11) is 1.17. The van der Waals surface area contributed by atoms with E-state index in [9.17, 15) is 33.6 Å². The monoisotopic (exact) mass is 620 g/mol. The molecular formula is C29H37ClN4O9. The smallest absolute Gasteiger partial charge is 0.417 e. The van der Waals surface area contributed by atoms with Gasteiger partial charge in [0.15, 0.2) is 11.3 Å². The Morgan fingerprint density at radius 3 is 2.40 bits per heavy atom. The highest BCUT2D eigenvalue weighted by molar-refractivity contribution is 6.53. The zero-order valence-electron chi connectivity index (χ0n) is 24.2. The number of imide groups is 1. The molecule has 1 aromatic rings. The summed E-state index contributed by atoms with van der Waals surface area (Å²) in [4.78, 5) is 96.2. The zero-order chi connectivity index (χ0) is 31.9. The Kier molecular flexibility index (Phi) is 11.7. The molecule has 0 bridgehead atoms. The molecule has 2 unspecified atom stereocenters. The molecule has 1 saturated carbocycles. The number of nitrogens with zero attached hydrogens (tertiary/aromatic N) is 2. The van der Waals surface area contributed by atoms with Gasteiger partial charge in [0.1, 0.15) is 24.5 Å². The number of benzene rings is 1. The van der Waals surface area contributed by atoms with E-state index in [1.54, 1.807) is 30.3 Å². The first-order chi connectivity index (χ1) is 20.5. The highest BCUT2D eigenvalue weighted by atomic mass is 35.5. The lowest BCUT2D eigenvalue weighted by Crippen LogP contribution is -2.71. The molecule has 0 aromatic heterocycles. The minimum atomic E-state index is -2.54. The fraction of sp³-hybridized carbons (Fsp3) is 0.552. The topological polar surface area (TPSA) is 196 Å². The Morgan fingerprint density at radius 1 is 1.14 bits per heavy atom. The molecule has 234 valence electrons. The summed E-state index contributed by atoms with van der Waals surface area (Å²) < 4.78 is 10.6. The maximum Gasteiger partial charge on any atom is 0.417 e. The van der Waals surface area contributed by atoms with Crippen LogP contribution >= 0.6 is 11.6 Å². The molecule has 0 radical (unpaired) electrons. The van der Waals surface area contributed by atoms with Crippen molar-refractivity contribution in [2.24, 2.45) is 17.4 Å². The van der Waals surface area contributed by atoms with E-state index in [0.717, 1.165) is 4.90 Å². The van der Waals surface area contributed by atoms with E-state index in [2.05, 4.69) is 0 Å². The quantitative estimate of drug-likeness (QED) is 0.135. The van der Waals surface area contributed by atoms with Crippen LogP contribution in [0, 0.1) is 5.92 Å². The SMILES string of the molecule is COC1CC(=O)C2CCN(C(=O)[C@H](CCCCN)N(C(=O)OCc3ccccc3)C(=O)[C@H](C)N)[C@@]2(C(=O)C(=O)CCl)C1=O. The number of rotatable bonds is 13. The number of likely N-dealkylation sites (tertiary alicyclic amines) is 1. The molecule has 0 spiro atoms. The summed E-state index contributed by atoms with van der Waals surface area (Å²) in [5, 5.41) is 0. The van der Waals surface area contributed by atoms with Gasteiger partial charge in [0.05, 0.1) is 17.8 Å². The molecule has 43 heavy (non-hydrogen) atoms. The largest absolute Gasteiger partial charge is 0.444 e. The first-order valence-corrected chi connectivity index (χ1v) is 14.5. The van der Waals surface area contributed by atoms with Gasteiger partial charge in [0.2, 0.25) is 23.4 Å². The standard InChI is InChI=1S/C29H37ClN4O9/c1-17(32)26(39)34(28(41)43-16-18-8-4-3-5-9-18)20(10-6-7-12-31)27(40)33-13-11-19-21(35)14-23(42-2)25(38)29(19,33)24(37)22(36)15-30/h3-5,8-9,17,19-20,23H,6-7,10-16,31-32H2,1-2H3/t17-,19?,20-,23?,29-/m0/s1. The molecule has 2 aliphatic rings. The number of unbranched alkanes of at least 4 members (excludes halogenated alkanes) is 1. The summed E-state index contributed by atoms with van der Waals surface area (Å²) in [6.07, 6.45) is -2.49. The predicted molar refractivity (Wildman–Crippen MR) is 153 cm³/mol. The molecule has 1 aliphatic heterocycles. The third-order valence-corrected chi connectivity index (χ3v) is 8.09. The van der Waals surface area contributed by atoms with Gasteiger partial charge < -0.3 is 25.8 Å². The van der Waals surface area contributed by atoms with Crippen LogP contribution in [0.25, 0.3) is 0 Å². The lowest BCUT2D eigenvalue weighted by atomic mass is 9.67. The van der Waals surface area contributed by atoms with Crippen molar-refractivity contribution in [3.63, 3.8) is 0 Å². The van der Waals surface area contributed by atoms with Crippen molar-refractivity contribution < 1.29 is 43.0 Å². The molecule has 1 aromatic carbocycles. The average molecular weight is 621 g/mol. The highest BCUT2D eigenvalue weighted by Gasteiger charge is 2.68. The number of ketones is 4. The van der Waals surface area contributed by atoms with Crippen LogP contribution in [0.2, 0.25) is 0 Å². The molecule has 2 fully saturated rings. The van der Waals surface area contributed by atoms with Crippen LogP contribution < -0.4 is 11.5 Å². The second-order valence-electron chi connectivity index (χ2n) is 10.6. The maximum absolute atomic E-state index is 14.5. The number of hydrogen-bond acceptors (Lipinski definition) is 11. The number of alkyl halides is 1. The number of Topliss-reactive ketones (excluding diaryl/α,β-unsaturated/α-hetero) is 4. The molecule has 4 N–H and O–H groups in total. The Bertz CT molecular complexity index is 1260. The fourth-order valence-electron chi connectivity index (χ4n) is 5.74. The average Bonchev–Trinajstić information content (AvgIpc) is 3.42. The molecule has 1 heterocycles. The van der Waals surface area contributed by atoms with Crippen LogP contribution in [-0.4, -0.2) is 101 Å². The number of nitrogens with two attached hydrogens (primary N) is 2. The fourth-order valence-corrected chi connectivity index (χ4v) is 5.86. The van der Waals surface area contributed by atoms with E-state index < -0.39 is 76.6 Å². The van der Waals surface area contributed by atoms with Gasteiger partial charge in [-0.3, -0.25) is 28.8 Å². The summed E-state index contributed by atoms with van der Waals surface area (Å²) >= 11 is 5.69. The number of ether oxygens (including phenoxy) is 2. The van der Waals surface area contributed by atoms with Crippen molar-refractivity contribution in [1.29, 1.82) is 0 Å². The Labute approximate surface area is 254 Å². The number of amides is 3. The van der Waals surface area contributed by atoms with Gasteiger partial charge in [-0.2, -0.15) is 0 Å². The number of carbonyl (C=O) groups is 7. The molecule has 13 nitrogen and oxygen atoms in total. The number of carbonyl (C=O) groups excluding carboxylic acids is 7. The van der Waals surface area contributed by atoms with Gasteiger partial charge in [-0.05, 0) is 44.7 Å². The second kappa shape index (κ2) is 14.8. The lowest BCUT2D eigenvalue weighted by Gasteiger charge is -2.44. The summed E-state index contributed by atoms with van der Waals surface area (Å²) in [6, 6.07) is 5.76. The summed E-state index contributed by atoms with van der Waals surface area (Å²) in [6.45, 7) is 1.05. The minimum absolute atomic E-state index is 0.108. The van der Waals surface area contributed by atoms with Crippen molar-refractivity contribution in [2.45, 2.75) is 69.4 Å². The van der Waals surface area contributed by atoms with Crippen LogP contribution in [0.5, 0.6) is 0 Å². The van der Waals surface area contributed by atoms with Crippen LogP contribution in [0.15, 0.2) is 30.3 Å². The highest BCUT2D eigenvalue weighted by Crippen LogP contribution is 2.44. The molecular weight excluding hydrogens is 584 g/mol. The van der Waals surface area contributed by atoms with Gasteiger partial charge in [-0.15, -0.1) is 11.6 Å². The molecule has 14 heteroatoms. The minimum Gasteiger partial charge on any atom is -0.444 e. The first-order valence-electron chi connectivity index (χ1n) is 14.0. The second-order valence-corrected chi connectivity index (χ2v) is 10.8. The van der Waals surface area contributed by atoms with Crippen LogP contribution in [0.4, 0.5) is 4.79 Å². The van der Waals surface area contributed by atoms with Crippen molar-refractivity contribution >= 4 is 52.6 Å². The lowest BCUT2D eigenvalue weighted by molar-refractivity contribution is -0.168. The number of halogens is 1. The van der Waals surface area contributed by atoms with E-state index in [-0.39, 0.29) is 45.4 Å². The Hall–Kier alpha value is -3.52. The maximum atomic E-state index is 14.5. The third-order valence-electron chi connectivity index (χ3n) is 7.84. The third kappa shape index (κ3) is 6.69. The van der Waals surface area contributed by atoms with Crippen molar-refractivity contribution in [3.05, 3.63) is 35.9 Å². The zero-order valence-corrected chi connectivity index (χ0v) is 24.9. The van der Waals surface area contributed by atoms with Crippen molar-refractivity contribution in [1.82, 2.24) is 9.80 Å². The number of fused-ring (bicyclic) bond motifs is 1. The number of hydrogen-bond donors (Lipinski definition) is 2. The Morgan fingerprint density at radius 2 is 1.81 bits per heavy atom.